The van der Waals surface area contributed by atoms with Gasteiger partial charge in [0.05, 0.1) is 5.92 Å². The Balaban J connectivity index is 1.95. The molecule has 6 nitrogen and oxygen atoms in total. The summed E-state index contributed by atoms with van der Waals surface area (Å²) in [5.74, 6) is -2.00. The quantitative estimate of drug-likeness (QED) is 0.754. The van der Waals surface area contributed by atoms with Crippen molar-refractivity contribution in [2.24, 2.45) is 11.7 Å². The average molecular weight is 276 g/mol. The second-order valence-corrected chi connectivity index (χ2v) is 4.96. The molecule has 1 saturated carbocycles. The number of carboxylic acids is 1. The van der Waals surface area contributed by atoms with Gasteiger partial charge in [-0.3, -0.25) is 14.4 Å². The Morgan fingerprint density at radius 2 is 1.70 bits per heavy atom. The zero-order chi connectivity index (χ0) is 14.7. The molecule has 1 fully saturated rings. The van der Waals surface area contributed by atoms with Crippen LogP contribution < -0.4 is 11.1 Å². The summed E-state index contributed by atoms with van der Waals surface area (Å²) in [6.45, 7) is 0. The van der Waals surface area contributed by atoms with Crippen LogP contribution >= 0.6 is 0 Å². The number of nitrogens with two attached hydrogens (primary N) is 1. The first-order valence-electron chi connectivity index (χ1n) is 6.41. The molecule has 2 atom stereocenters. The van der Waals surface area contributed by atoms with E-state index in [1.165, 1.54) is 24.3 Å². The molecule has 106 valence electrons. The van der Waals surface area contributed by atoms with E-state index < -0.39 is 11.9 Å². The molecule has 20 heavy (non-hydrogen) atoms. The molecule has 0 aromatic heterocycles. The van der Waals surface area contributed by atoms with Crippen molar-refractivity contribution >= 4 is 17.8 Å². The maximum absolute atomic E-state index is 12.0. The second kappa shape index (κ2) is 5.73. The third-order valence-electron chi connectivity index (χ3n) is 3.55. The number of aliphatic carboxylic acids is 1. The van der Waals surface area contributed by atoms with Crippen LogP contribution in [0.4, 0.5) is 0 Å². The molecule has 0 unspecified atom stereocenters. The third-order valence-corrected chi connectivity index (χ3v) is 3.55. The molecular weight excluding hydrogens is 260 g/mol. The topological polar surface area (TPSA) is 109 Å². The lowest BCUT2D eigenvalue weighted by Crippen LogP contribution is -2.33. The van der Waals surface area contributed by atoms with E-state index in [0.29, 0.717) is 30.4 Å². The number of benzene rings is 1. The highest BCUT2D eigenvalue weighted by Crippen LogP contribution is 2.25. The molecule has 4 N–H and O–H groups in total. The molecule has 1 aliphatic carbocycles. The fourth-order valence-corrected chi connectivity index (χ4v) is 2.39. The van der Waals surface area contributed by atoms with Crippen LogP contribution in [0, 0.1) is 5.92 Å². The van der Waals surface area contributed by atoms with E-state index in [9.17, 15) is 14.4 Å². The van der Waals surface area contributed by atoms with Crippen molar-refractivity contribution in [2.45, 2.75) is 25.3 Å². The molecule has 0 spiro atoms. The average Bonchev–Trinajstić information content (AvgIpc) is 2.87. The van der Waals surface area contributed by atoms with Gasteiger partial charge in [-0.2, -0.15) is 0 Å². The minimum Gasteiger partial charge on any atom is -0.481 e. The minimum absolute atomic E-state index is 0.112. The van der Waals surface area contributed by atoms with Crippen molar-refractivity contribution in [1.29, 1.82) is 0 Å². The van der Waals surface area contributed by atoms with Gasteiger partial charge in [-0.25, -0.2) is 0 Å². The normalized spacial score (nSPS) is 21.4. The lowest BCUT2D eigenvalue weighted by Gasteiger charge is -2.12. The number of nitrogens with one attached hydrogen (secondary N) is 1. The SMILES string of the molecule is NC(=O)c1ccc(C(=O)N[C@@H]2CC[C@H](C(=O)O)C2)cc1. The summed E-state index contributed by atoms with van der Waals surface area (Å²) in [6.07, 6.45) is 1.71. The Labute approximate surface area is 116 Å². The summed E-state index contributed by atoms with van der Waals surface area (Å²) < 4.78 is 0. The highest BCUT2D eigenvalue weighted by atomic mass is 16.4. The van der Waals surface area contributed by atoms with Crippen LogP contribution in [-0.4, -0.2) is 28.9 Å². The van der Waals surface area contributed by atoms with Crippen LogP contribution in [0.15, 0.2) is 24.3 Å². The van der Waals surface area contributed by atoms with Crippen LogP contribution in [0.3, 0.4) is 0 Å². The zero-order valence-corrected chi connectivity index (χ0v) is 10.8. The molecule has 0 heterocycles. The number of carbonyl (C=O) groups excluding carboxylic acids is 2. The molecule has 1 aromatic carbocycles. The van der Waals surface area contributed by atoms with Crippen LogP contribution in [0.2, 0.25) is 0 Å². The number of hydrogen-bond donors (Lipinski definition) is 3. The maximum Gasteiger partial charge on any atom is 0.306 e. The summed E-state index contributed by atoms with van der Waals surface area (Å²) >= 11 is 0. The van der Waals surface area contributed by atoms with Crippen LogP contribution in [-0.2, 0) is 4.79 Å². The fourth-order valence-electron chi connectivity index (χ4n) is 2.39. The standard InChI is InChI=1S/C14H16N2O4/c15-12(17)8-1-3-9(4-2-8)13(18)16-11-6-5-10(7-11)14(19)20/h1-4,10-11H,5-7H2,(H2,15,17)(H,16,18)(H,19,20)/t10-,11+/m0/s1. The van der Waals surface area contributed by atoms with Crippen LogP contribution in [0.5, 0.6) is 0 Å². The van der Waals surface area contributed by atoms with Gasteiger partial charge in [0.1, 0.15) is 0 Å². The van der Waals surface area contributed by atoms with Gasteiger partial charge in [-0.05, 0) is 43.5 Å². The zero-order valence-electron chi connectivity index (χ0n) is 10.8. The Bertz CT molecular complexity index is 539. The number of rotatable bonds is 4. The van der Waals surface area contributed by atoms with Gasteiger partial charge in [-0.15, -0.1) is 0 Å². The minimum atomic E-state index is -0.812. The van der Waals surface area contributed by atoms with Crippen molar-refractivity contribution < 1.29 is 19.5 Å². The Hall–Kier alpha value is -2.37. The molecule has 1 aliphatic rings. The first-order valence-corrected chi connectivity index (χ1v) is 6.41. The van der Waals surface area contributed by atoms with Crippen LogP contribution in [0.1, 0.15) is 40.0 Å². The lowest BCUT2D eigenvalue weighted by atomic mass is 10.1. The maximum atomic E-state index is 12.0. The first-order chi connectivity index (χ1) is 9.47. The molecule has 0 bridgehead atoms. The first kappa shape index (κ1) is 14.0. The second-order valence-electron chi connectivity index (χ2n) is 4.96. The Morgan fingerprint density at radius 1 is 1.10 bits per heavy atom. The van der Waals surface area contributed by atoms with Gasteiger partial charge >= 0.3 is 5.97 Å². The number of carboxylic acid groups (broad SMARTS) is 1. The monoisotopic (exact) mass is 276 g/mol. The van der Waals surface area contributed by atoms with E-state index in [-0.39, 0.29) is 17.9 Å². The van der Waals surface area contributed by atoms with Crippen LogP contribution in [0.25, 0.3) is 0 Å². The van der Waals surface area contributed by atoms with E-state index in [1.807, 2.05) is 0 Å². The molecule has 0 saturated heterocycles. The van der Waals surface area contributed by atoms with Gasteiger partial charge in [0.2, 0.25) is 5.91 Å². The molecular formula is C14H16N2O4. The Kier molecular flexibility index (Phi) is 4.02. The van der Waals surface area contributed by atoms with E-state index in [2.05, 4.69) is 5.32 Å². The summed E-state index contributed by atoms with van der Waals surface area (Å²) in [7, 11) is 0. The molecule has 2 amide bonds. The van der Waals surface area contributed by atoms with Crippen molar-refractivity contribution in [2.75, 3.05) is 0 Å². The van der Waals surface area contributed by atoms with Gasteiger partial charge in [-0.1, -0.05) is 0 Å². The van der Waals surface area contributed by atoms with E-state index >= 15 is 0 Å². The molecule has 0 radical (unpaired) electrons. The number of primary amides is 1. The predicted octanol–water partition coefficient (Wildman–Crippen LogP) is 0.769. The fraction of sp³-hybridized carbons (Fsp3) is 0.357. The predicted molar refractivity (Wildman–Crippen MR) is 71.2 cm³/mol. The summed E-state index contributed by atoms with van der Waals surface area (Å²) in [5.41, 5.74) is 5.89. The molecule has 6 heteroatoms. The smallest absolute Gasteiger partial charge is 0.306 e. The third kappa shape index (κ3) is 3.14. The van der Waals surface area contributed by atoms with Gasteiger partial charge in [0, 0.05) is 17.2 Å². The summed E-state index contributed by atoms with van der Waals surface area (Å²) in [4.78, 5) is 33.8. The van der Waals surface area contributed by atoms with E-state index in [4.69, 9.17) is 10.8 Å². The summed E-state index contributed by atoms with van der Waals surface area (Å²) in [6, 6.07) is 5.93. The van der Waals surface area contributed by atoms with Crippen molar-refractivity contribution in [3.63, 3.8) is 0 Å². The molecule has 2 rings (SSSR count). The highest BCUT2D eigenvalue weighted by molar-refractivity contribution is 5.97. The lowest BCUT2D eigenvalue weighted by molar-refractivity contribution is -0.141. The largest absolute Gasteiger partial charge is 0.481 e. The van der Waals surface area contributed by atoms with E-state index in [1.54, 1.807) is 0 Å². The number of carbonyl (C=O) groups is 3. The van der Waals surface area contributed by atoms with E-state index in [0.717, 1.165) is 0 Å². The highest BCUT2D eigenvalue weighted by Gasteiger charge is 2.30. The van der Waals surface area contributed by atoms with Crippen molar-refractivity contribution in [3.8, 4) is 0 Å². The summed E-state index contributed by atoms with van der Waals surface area (Å²) in [5, 5.41) is 11.7. The van der Waals surface area contributed by atoms with Gasteiger partial charge < -0.3 is 16.2 Å². The molecule has 0 aliphatic heterocycles. The van der Waals surface area contributed by atoms with Crippen molar-refractivity contribution in [3.05, 3.63) is 35.4 Å². The van der Waals surface area contributed by atoms with Gasteiger partial charge in [0.15, 0.2) is 0 Å². The van der Waals surface area contributed by atoms with Crippen molar-refractivity contribution in [1.82, 2.24) is 5.32 Å². The Morgan fingerprint density at radius 3 is 2.20 bits per heavy atom. The number of amides is 2. The molecule has 1 aromatic rings. The van der Waals surface area contributed by atoms with Gasteiger partial charge in [0.25, 0.3) is 5.91 Å². The number of hydrogen-bond acceptors (Lipinski definition) is 3.